The zero-order chi connectivity index (χ0) is 15.8. The molecule has 1 aromatic rings. The first-order valence-electron chi connectivity index (χ1n) is 6.17. The fourth-order valence-corrected chi connectivity index (χ4v) is 6.68. The summed E-state index contributed by atoms with van der Waals surface area (Å²) in [4.78, 5) is 11.1. The van der Waals surface area contributed by atoms with Crippen molar-refractivity contribution in [3.8, 4) is 0 Å². The number of sulfonamides is 1. The summed E-state index contributed by atoms with van der Waals surface area (Å²) in [7, 11) is -7.14. The molecule has 0 aliphatic carbocycles. The maximum absolute atomic E-state index is 12.3. The lowest BCUT2D eigenvalue weighted by Crippen LogP contribution is -2.43. The standard InChI is InChI=1S/C11H15NO6S3/c1-7-10(5-9(19-7)11(13)14)21(17,18)12-8-3-2-4-20(15,16)6-8/h5,8,12H,2-4,6H2,1H3,(H,13,14). The first-order valence-corrected chi connectivity index (χ1v) is 10.3. The first kappa shape index (κ1) is 16.4. The van der Waals surface area contributed by atoms with E-state index in [1.54, 1.807) is 0 Å². The van der Waals surface area contributed by atoms with Gasteiger partial charge in [0.15, 0.2) is 9.84 Å². The zero-order valence-electron chi connectivity index (χ0n) is 11.2. The molecule has 1 fully saturated rings. The lowest BCUT2D eigenvalue weighted by Gasteiger charge is -2.22. The number of hydrogen-bond acceptors (Lipinski definition) is 6. The highest BCUT2D eigenvalue weighted by Crippen LogP contribution is 2.26. The van der Waals surface area contributed by atoms with E-state index >= 15 is 0 Å². The Kier molecular flexibility index (Phi) is 4.43. The summed E-state index contributed by atoms with van der Waals surface area (Å²) in [6, 6.07) is 0.434. The number of hydrogen-bond donors (Lipinski definition) is 2. The quantitative estimate of drug-likeness (QED) is 0.819. The number of aryl methyl sites for hydroxylation is 1. The molecule has 1 atom stereocenters. The van der Waals surface area contributed by atoms with Crippen LogP contribution < -0.4 is 4.72 Å². The van der Waals surface area contributed by atoms with Gasteiger partial charge in [-0.2, -0.15) is 0 Å². The maximum Gasteiger partial charge on any atom is 0.345 e. The molecule has 0 radical (unpaired) electrons. The van der Waals surface area contributed by atoms with E-state index in [0.717, 1.165) is 17.4 Å². The third kappa shape index (κ3) is 3.82. The highest BCUT2D eigenvalue weighted by atomic mass is 32.2. The van der Waals surface area contributed by atoms with Crippen molar-refractivity contribution < 1.29 is 26.7 Å². The zero-order valence-corrected chi connectivity index (χ0v) is 13.6. The van der Waals surface area contributed by atoms with E-state index in [1.807, 2.05) is 0 Å². The second-order valence-corrected chi connectivity index (χ2v) is 10.1. The molecular formula is C11H15NO6S3. The van der Waals surface area contributed by atoms with E-state index in [0.29, 0.717) is 17.7 Å². The van der Waals surface area contributed by atoms with Gasteiger partial charge in [-0.3, -0.25) is 0 Å². The Bertz CT molecular complexity index is 762. The predicted molar refractivity (Wildman–Crippen MR) is 78.0 cm³/mol. The molecular weight excluding hydrogens is 338 g/mol. The van der Waals surface area contributed by atoms with Crippen molar-refractivity contribution in [2.24, 2.45) is 0 Å². The fraction of sp³-hybridized carbons (Fsp3) is 0.545. The molecule has 0 aromatic carbocycles. The molecule has 1 aliphatic rings. The summed E-state index contributed by atoms with van der Waals surface area (Å²) < 4.78 is 50.0. The summed E-state index contributed by atoms with van der Waals surface area (Å²) in [6.07, 6.45) is 0.867. The largest absolute Gasteiger partial charge is 0.477 e. The Hall–Kier alpha value is -0.970. The number of sulfone groups is 1. The topological polar surface area (TPSA) is 118 Å². The number of thiophene rings is 1. The van der Waals surface area contributed by atoms with Gasteiger partial charge in [0.25, 0.3) is 0 Å². The summed E-state index contributed by atoms with van der Waals surface area (Å²) in [5, 5.41) is 8.89. The van der Waals surface area contributed by atoms with Crippen LogP contribution in [0.15, 0.2) is 11.0 Å². The van der Waals surface area contributed by atoms with Crippen molar-refractivity contribution in [3.05, 3.63) is 15.8 Å². The van der Waals surface area contributed by atoms with Crippen LogP contribution in [0.1, 0.15) is 27.4 Å². The molecule has 2 heterocycles. The monoisotopic (exact) mass is 353 g/mol. The van der Waals surface area contributed by atoms with Crippen LogP contribution in [0.25, 0.3) is 0 Å². The molecule has 1 aromatic heterocycles. The number of aromatic carboxylic acids is 1. The molecule has 118 valence electrons. The third-order valence-electron chi connectivity index (χ3n) is 3.16. The van der Waals surface area contributed by atoms with Crippen molar-refractivity contribution in [2.75, 3.05) is 11.5 Å². The predicted octanol–water partition coefficient (Wildman–Crippen LogP) is 0.610. The van der Waals surface area contributed by atoms with Crippen molar-refractivity contribution in [2.45, 2.75) is 30.7 Å². The number of rotatable bonds is 4. The summed E-state index contributed by atoms with van der Waals surface area (Å²) in [6.45, 7) is 1.52. The SMILES string of the molecule is Cc1sc(C(=O)O)cc1S(=O)(=O)NC1CCCS(=O)(=O)C1. The highest BCUT2D eigenvalue weighted by Gasteiger charge is 2.30. The molecule has 0 amide bonds. The summed E-state index contributed by atoms with van der Waals surface area (Å²) in [5.74, 6) is -1.34. The van der Waals surface area contributed by atoms with Crippen LogP contribution in [0.3, 0.4) is 0 Å². The van der Waals surface area contributed by atoms with E-state index in [-0.39, 0.29) is 21.3 Å². The summed E-state index contributed by atoms with van der Waals surface area (Å²) in [5.41, 5.74) is 0. The smallest absolute Gasteiger partial charge is 0.345 e. The van der Waals surface area contributed by atoms with E-state index in [1.165, 1.54) is 6.92 Å². The first-order chi connectivity index (χ1) is 9.61. The second kappa shape index (κ2) is 5.67. The molecule has 1 saturated heterocycles. The lowest BCUT2D eigenvalue weighted by molar-refractivity contribution is 0.0702. The Morgan fingerprint density at radius 2 is 2.14 bits per heavy atom. The van der Waals surface area contributed by atoms with Crippen LogP contribution in [0, 0.1) is 6.92 Å². The van der Waals surface area contributed by atoms with E-state index in [4.69, 9.17) is 5.11 Å². The average molecular weight is 353 g/mol. The van der Waals surface area contributed by atoms with Gasteiger partial charge in [0.2, 0.25) is 10.0 Å². The van der Waals surface area contributed by atoms with E-state index < -0.39 is 31.9 Å². The van der Waals surface area contributed by atoms with Gasteiger partial charge in [-0.15, -0.1) is 11.3 Å². The Morgan fingerprint density at radius 1 is 1.48 bits per heavy atom. The number of carboxylic acids is 1. The van der Waals surface area contributed by atoms with Crippen molar-refractivity contribution in [3.63, 3.8) is 0 Å². The van der Waals surface area contributed by atoms with Crippen LogP contribution in [-0.4, -0.2) is 45.5 Å². The molecule has 10 heteroatoms. The van der Waals surface area contributed by atoms with Crippen molar-refractivity contribution in [1.29, 1.82) is 0 Å². The molecule has 21 heavy (non-hydrogen) atoms. The van der Waals surface area contributed by atoms with Gasteiger partial charge in [-0.25, -0.2) is 26.4 Å². The molecule has 0 bridgehead atoms. The highest BCUT2D eigenvalue weighted by molar-refractivity contribution is 7.91. The van der Waals surface area contributed by atoms with Gasteiger partial charge in [0.05, 0.1) is 16.4 Å². The molecule has 2 N–H and O–H groups in total. The van der Waals surface area contributed by atoms with E-state index in [9.17, 15) is 21.6 Å². The normalized spacial score (nSPS) is 22.0. The Morgan fingerprint density at radius 3 is 2.67 bits per heavy atom. The molecule has 2 rings (SSSR count). The molecule has 0 spiro atoms. The number of carboxylic acid groups (broad SMARTS) is 1. The average Bonchev–Trinajstić information content (AvgIpc) is 2.70. The molecule has 7 nitrogen and oxygen atoms in total. The lowest BCUT2D eigenvalue weighted by atomic mass is 10.2. The van der Waals surface area contributed by atoms with Gasteiger partial charge >= 0.3 is 5.97 Å². The maximum atomic E-state index is 12.3. The van der Waals surface area contributed by atoms with Gasteiger partial charge in [0.1, 0.15) is 4.88 Å². The summed E-state index contributed by atoms with van der Waals surface area (Å²) >= 11 is 0.874. The Labute approximate surface area is 127 Å². The van der Waals surface area contributed by atoms with Crippen LogP contribution in [0.2, 0.25) is 0 Å². The van der Waals surface area contributed by atoms with Crippen LogP contribution >= 0.6 is 11.3 Å². The Balaban J connectivity index is 2.24. The van der Waals surface area contributed by atoms with Crippen LogP contribution in [0.4, 0.5) is 0 Å². The minimum absolute atomic E-state index is 0.0656. The van der Waals surface area contributed by atoms with Gasteiger partial charge in [-0.05, 0) is 25.8 Å². The van der Waals surface area contributed by atoms with Gasteiger partial charge in [0, 0.05) is 10.9 Å². The van der Waals surface area contributed by atoms with Crippen LogP contribution in [0.5, 0.6) is 0 Å². The second-order valence-electron chi connectivity index (χ2n) is 4.91. The molecule has 1 unspecified atom stereocenters. The van der Waals surface area contributed by atoms with Crippen LogP contribution in [-0.2, 0) is 19.9 Å². The minimum atomic E-state index is -3.92. The minimum Gasteiger partial charge on any atom is -0.477 e. The number of nitrogens with one attached hydrogen (secondary N) is 1. The van der Waals surface area contributed by atoms with Crippen molar-refractivity contribution >= 4 is 37.2 Å². The fourth-order valence-electron chi connectivity index (χ4n) is 2.24. The van der Waals surface area contributed by atoms with Crippen molar-refractivity contribution in [1.82, 2.24) is 4.72 Å². The number of carbonyl (C=O) groups is 1. The van der Waals surface area contributed by atoms with Gasteiger partial charge in [-0.1, -0.05) is 0 Å². The van der Waals surface area contributed by atoms with E-state index in [2.05, 4.69) is 4.72 Å². The third-order valence-corrected chi connectivity index (χ3v) is 7.79. The molecule has 1 aliphatic heterocycles. The van der Waals surface area contributed by atoms with Gasteiger partial charge < -0.3 is 5.11 Å². The molecule has 0 saturated carbocycles.